The first-order valence-corrected chi connectivity index (χ1v) is 19.2. The molecule has 2 saturated heterocycles. The average molecular weight is 744 g/mol. The van der Waals surface area contributed by atoms with Crippen molar-refractivity contribution in [3.63, 3.8) is 0 Å². The minimum Gasteiger partial charge on any atom is -0.479 e. The molecule has 0 bridgehead atoms. The molecule has 3 aromatic carbocycles. The number of aryl methyl sites for hydroxylation is 2. The number of rotatable bonds is 8. The molecule has 2 fully saturated rings. The zero-order valence-electron chi connectivity index (χ0n) is 30.6. The van der Waals surface area contributed by atoms with Gasteiger partial charge < -0.3 is 19.5 Å². The molecule has 5 aromatic rings. The predicted octanol–water partition coefficient (Wildman–Crippen LogP) is 8.92. The fraction of sp³-hybridized carbons (Fsp3) is 0.450. The number of aromatic nitrogens is 3. The molecule has 52 heavy (non-hydrogen) atoms. The molecule has 1 unspecified atom stereocenters. The van der Waals surface area contributed by atoms with Gasteiger partial charge in [0, 0.05) is 58.7 Å². The van der Waals surface area contributed by atoms with Gasteiger partial charge in [0.05, 0.1) is 34.1 Å². The van der Waals surface area contributed by atoms with Crippen molar-refractivity contribution in [2.45, 2.75) is 84.1 Å². The maximum absolute atomic E-state index is 12.8. The maximum atomic E-state index is 12.8. The van der Waals surface area contributed by atoms with E-state index in [1.807, 2.05) is 58.0 Å². The third kappa shape index (κ3) is 7.03. The molecule has 0 radical (unpaired) electrons. The first-order chi connectivity index (χ1) is 24.8. The summed E-state index contributed by atoms with van der Waals surface area (Å²) in [5, 5.41) is 18.2. The highest BCUT2D eigenvalue weighted by molar-refractivity contribution is 7.22. The molecule has 1 N–H and O–H groups in total. The highest BCUT2D eigenvalue weighted by Crippen LogP contribution is 2.45. The quantitative estimate of drug-likeness (QED) is 0.168. The van der Waals surface area contributed by atoms with Crippen molar-refractivity contribution in [2.75, 3.05) is 33.3 Å². The van der Waals surface area contributed by atoms with Crippen molar-refractivity contribution in [3.05, 3.63) is 70.4 Å². The van der Waals surface area contributed by atoms with E-state index in [0.29, 0.717) is 22.5 Å². The first kappa shape index (κ1) is 36.3. The molecule has 2 aromatic heterocycles. The Morgan fingerprint density at radius 3 is 2.40 bits per heavy atom. The van der Waals surface area contributed by atoms with Gasteiger partial charge in [0.2, 0.25) is 0 Å². The van der Waals surface area contributed by atoms with E-state index in [0.717, 1.165) is 106 Å². The summed E-state index contributed by atoms with van der Waals surface area (Å²) in [6.07, 6.45) is 1.56. The summed E-state index contributed by atoms with van der Waals surface area (Å²) in [7, 11) is 1.44. The van der Waals surface area contributed by atoms with Gasteiger partial charge in [-0.1, -0.05) is 23.7 Å². The van der Waals surface area contributed by atoms with Gasteiger partial charge in [0.15, 0.2) is 6.10 Å². The topological polar surface area (TPSA) is 110 Å². The van der Waals surface area contributed by atoms with Crippen molar-refractivity contribution in [2.24, 2.45) is 0 Å². The predicted molar refractivity (Wildman–Crippen MR) is 206 cm³/mol. The van der Waals surface area contributed by atoms with Crippen molar-refractivity contribution < 1.29 is 24.2 Å². The van der Waals surface area contributed by atoms with Crippen molar-refractivity contribution in [1.29, 1.82) is 0 Å². The van der Waals surface area contributed by atoms with Gasteiger partial charge in [0.1, 0.15) is 5.01 Å². The number of aliphatic carboxylic acids is 1. The molecule has 10 nitrogen and oxygen atoms in total. The molecule has 274 valence electrons. The zero-order chi connectivity index (χ0) is 36.9. The Balaban J connectivity index is 1.26. The summed E-state index contributed by atoms with van der Waals surface area (Å²) in [5.41, 5.74) is 6.44. The molecular formula is C40H46ClN5O5S. The van der Waals surface area contributed by atoms with Crippen LogP contribution in [0.3, 0.4) is 0 Å². The third-order valence-corrected chi connectivity index (χ3v) is 11.8. The first-order valence-electron chi connectivity index (χ1n) is 18.0. The van der Waals surface area contributed by atoms with Crippen LogP contribution in [-0.4, -0.2) is 86.7 Å². The molecular weight excluding hydrogens is 698 g/mol. The van der Waals surface area contributed by atoms with E-state index in [4.69, 9.17) is 31.2 Å². The number of hydrogen-bond acceptors (Lipinski definition) is 8. The van der Waals surface area contributed by atoms with Gasteiger partial charge in [0.25, 0.3) is 0 Å². The number of carbonyl (C=O) groups is 2. The summed E-state index contributed by atoms with van der Waals surface area (Å²) in [4.78, 5) is 34.4. The Bertz CT molecular complexity index is 2130. The van der Waals surface area contributed by atoms with Crippen LogP contribution in [0.5, 0.6) is 0 Å². The Kier molecular flexibility index (Phi) is 10.1. The molecule has 2 aliphatic rings. The summed E-state index contributed by atoms with van der Waals surface area (Å²) in [6, 6.07) is 16.4. The number of carbonyl (C=O) groups excluding carboxylic acids is 1. The second-order valence-electron chi connectivity index (χ2n) is 14.9. The number of fused-ring (bicyclic) bond motifs is 2. The number of ether oxygens (including phenoxy) is 2. The monoisotopic (exact) mass is 743 g/mol. The van der Waals surface area contributed by atoms with Crippen LogP contribution in [0.4, 0.5) is 4.79 Å². The lowest BCUT2D eigenvalue weighted by molar-refractivity contribution is -0.160. The number of likely N-dealkylation sites (tertiary alicyclic amines) is 2. The number of amides is 1. The molecule has 12 heteroatoms. The smallest absolute Gasteiger partial charge is 0.409 e. The molecule has 0 aliphatic carbocycles. The van der Waals surface area contributed by atoms with Crippen LogP contribution in [0, 0.1) is 6.92 Å². The maximum Gasteiger partial charge on any atom is 0.409 e. The number of nitrogens with zero attached hydrogens (tertiary/aromatic N) is 5. The van der Waals surface area contributed by atoms with Crippen molar-refractivity contribution in [1.82, 2.24) is 24.6 Å². The van der Waals surface area contributed by atoms with Crippen LogP contribution in [0.1, 0.15) is 75.8 Å². The minimum absolute atomic E-state index is 0.242. The van der Waals surface area contributed by atoms with Crippen LogP contribution in [0.2, 0.25) is 5.02 Å². The Morgan fingerprint density at radius 1 is 1.04 bits per heavy atom. The molecule has 7 rings (SSSR count). The number of piperidine rings is 1. The second-order valence-corrected chi connectivity index (χ2v) is 16.3. The van der Waals surface area contributed by atoms with Crippen LogP contribution in [0.15, 0.2) is 48.5 Å². The van der Waals surface area contributed by atoms with Gasteiger partial charge in [-0.2, -0.15) is 5.10 Å². The van der Waals surface area contributed by atoms with Crippen molar-refractivity contribution >= 4 is 56.1 Å². The van der Waals surface area contributed by atoms with E-state index >= 15 is 0 Å². The van der Waals surface area contributed by atoms with Gasteiger partial charge in [-0.3, -0.25) is 9.58 Å². The molecule has 0 spiro atoms. The summed E-state index contributed by atoms with van der Waals surface area (Å²) < 4.78 is 14.2. The van der Waals surface area contributed by atoms with Gasteiger partial charge in [-0.15, -0.1) is 11.3 Å². The fourth-order valence-electron chi connectivity index (χ4n) is 7.91. The van der Waals surface area contributed by atoms with Crippen LogP contribution in [0.25, 0.3) is 42.8 Å². The Morgan fingerprint density at radius 2 is 1.75 bits per heavy atom. The highest BCUT2D eigenvalue weighted by atomic mass is 35.5. The third-order valence-electron chi connectivity index (χ3n) is 10.4. The van der Waals surface area contributed by atoms with E-state index in [1.165, 1.54) is 7.11 Å². The lowest BCUT2D eigenvalue weighted by Crippen LogP contribution is -2.43. The van der Waals surface area contributed by atoms with E-state index in [1.54, 1.807) is 16.2 Å². The minimum atomic E-state index is -1.17. The summed E-state index contributed by atoms with van der Waals surface area (Å²) >= 11 is 7.87. The number of carboxylic acid groups (broad SMARTS) is 1. The number of thiazole rings is 1. The SMILES string of the molecule is CCn1nc(C2CCN([C@H]3CCN(C(=O)OC)C3)CC2)c2cc(-c3nc4cc(C)c(C(OC(C)(C)C)C(=O)O)c(-c5ccc(Cl)cc5)c4s3)ccc21. The summed E-state index contributed by atoms with van der Waals surface area (Å²) in [6.45, 7) is 13.8. The van der Waals surface area contributed by atoms with Crippen LogP contribution >= 0.6 is 22.9 Å². The van der Waals surface area contributed by atoms with Crippen molar-refractivity contribution in [3.8, 4) is 21.7 Å². The van der Waals surface area contributed by atoms with E-state index in [2.05, 4.69) is 34.7 Å². The Hall–Kier alpha value is -4.03. The van der Waals surface area contributed by atoms with Gasteiger partial charge in [-0.25, -0.2) is 14.6 Å². The van der Waals surface area contributed by atoms with Crippen LogP contribution in [-0.2, 0) is 20.8 Å². The lowest BCUT2D eigenvalue weighted by atomic mass is 9.90. The normalized spacial score (nSPS) is 18.1. The number of hydrogen-bond donors (Lipinski definition) is 1. The molecule has 2 atom stereocenters. The van der Waals surface area contributed by atoms with E-state index < -0.39 is 17.7 Å². The second kappa shape index (κ2) is 14.4. The number of methoxy groups -OCH3 is 1. The lowest BCUT2D eigenvalue weighted by Gasteiger charge is -2.35. The number of halogens is 1. The highest BCUT2D eigenvalue weighted by Gasteiger charge is 2.35. The number of carboxylic acids is 1. The summed E-state index contributed by atoms with van der Waals surface area (Å²) in [5.74, 6) is -0.715. The zero-order valence-corrected chi connectivity index (χ0v) is 32.2. The number of benzene rings is 3. The molecule has 2 aliphatic heterocycles. The van der Waals surface area contributed by atoms with Gasteiger partial charge >= 0.3 is 12.1 Å². The van der Waals surface area contributed by atoms with Crippen LogP contribution < -0.4 is 0 Å². The molecule has 1 amide bonds. The fourth-order valence-corrected chi connectivity index (χ4v) is 9.16. The van der Waals surface area contributed by atoms with E-state index in [9.17, 15) is 14.7 Å². The standard InChI is InChI=1S/C40H46ClN5O5S/c1-7-46-31-13-10-26(21-29(31)34(43-46)25-14-17-44(18-15-25)28-16-19-45(22-28)39(49)50-6)37-42-30-20-23(2)32(35(38(47)48)51-40(3,4)5)33(36(30)52-37)24-8-11-27(41)12-9-24/h8-13,20-21,25,28,35H,7,14-19,22H2,1-6H3,(H,47,48)/t28-,35?/m0/s1. The largest absolute Gasteiger partial charge is 0.479 e. The Labute approximate surface area is 313 Å². The van der Waals surface area contributed by atoms with E-state index in [-0.39, 0.29) is 6.09 Å². The average Bonchev–Trinajstić information content (AvgIpc) is 3.87. The molecule has 0 saturated carbocycles. The molecule has 4 heterocycles. The van der Waals surface area contributed by atoms with Gasteiger partial charge in [-0.05, 0) is 114 Å².